The molecule has 2 saturated heterocycles. The van der Waals surface area contributed by atoms with E-state index in [9.17, 15) is 4.79 Å². The van der Waals surface area contributed by atoms with E-state index in [-0.39, 0.29) is 5.91 Å². The van der Waals surface area contributed by atoms with Gasteiger partial charge in [0.2, 0.25) is 5.91 Å². The van der Waals surface area contributed by atoms with Gasteiger partial charge >= 0.3 is 0 Å². The molecule has 0 aliphatic carbocycles. The van der Waals surface area contributed by atoms with Gasteiger partial charge < -0.3 is 19.3 Å². The second kappa shape index (κ2) is 12.2. The maximum absolute atomic E-state index is 13.2. The third-order valence-corrected chi connectivity index (χ3v) is 6.11. The maximum Gasteiger partial charge on any atom is 0.227 e. The third-order valence-electron chi connectivity index (χ3n) is 6.11. The summed E-state index contributed by atoms with van der Waals surface area (Å²) in [5.41, 5.74) is 1.06. The number of hydrogen-bond donors (Lipinski definition) is 0. The summed E-state index contributed by atoms with van der Waals surface area (Å²) >= 11 is 0. The van der Waals surface area contributed by atoms with Gasteiger partial charge in [-0.1, -0.05) is 25.0 Å². The molecule has 0 bridgehead atoms. The summed E-state index contributed by atoms with van der Waals surface area (Å²) in [6, 6.07) is 8.28. The van der Waals surface area contributed by atoms with E-state index >= 15 is 0 Å². The SMILES string of the molecule is CCOc1ccc(CC(=O)N(CCCN2CCCCCC2)C2CCOCC2)cc1. The van der Waals surface area contributed by atoms with Crippen LogP contribution >= 0.6 is 0 Å². The second-order valence-corrected chi connectivity index (χ2v) is 8.29. The standard InChI is InChI=1S/C24H38N2O3/c1-2-29-23-10-8-21(9-11-23)20-24(27)26(22-12-18-28-19-13-22)17-7-16-25-14-5-3-4-6-15-25/h8-11,22H,2-7,12-20H2,1H3. The average molecular weight is 403 g/mol. The molecule has 1 aromatic rings. The largest absolute Gasteiger partial charge is 0.494 e. The van der Waals surface area contributed by atoms with E-state index in [2.05, 4.69) is 9.80 Å². The summed E-state index contributed by atoms with van der Waals surface area (Å²) in [6.45, 7) is 8.58. The molecule has 0 aromatic heterocycles. The number of amides is 1. The van der Waals surface area contributed by atoms with Gasteiger partial charge in [0.25, 0.3) is 0 Å². The van der Waals surface area contributed by atoms with Crippen molar-refractivity contribution in [2.45, 2.75) is 64.3 Å². The molecule has 0 radical (unpaired) electrons. The molecule has 162 valence electrons. The summed E-state index contributed by atoms with van der Waals surface area (Å²) in [7, 11) is 0. The van der Waals surface area contributed by atoms with Crippen LogP contribution in [-0.4, -0.2) is 67.7 Å². The Balaban J connectivity index is 1.55. The highest BCUT2D eigenvalue weighted by molar-refractivity contribution is 5.79. The molecule has 1 aromatic carbocycles. The summed E-state index contributed by atoms with van der Waals surface area (Å²) in [4.78, 5) is 17.9. The maximum atomic E-state index is 13.2. The van der Waals surface area contributed by atoms with Crippen LogP contribution in [0.1, 0.15) is 57.4 Å². The van der Waals surface area contributed by atoms with Crippen LogP contribution in [-0.2, 0) is 16.0 Å². The van der Waals surface area contributed by atoms with Crippen molar-refractivity contribution in [3.05, 3.63) is 29.8 Å². The Labute approximate surface area is 176 Å². The van der Waals surface area contributed by atoms with E-state index in [1.165, 1.54) is 38.8 Å². The number of likely N-dealkylation sites (tertiary alicyclic amines) is 1. The average Bonchev–Trinajstić information content (AvgIpc) is 3.02. The van der Waals surface area contributed by atoms with Crippen molar-refractivity contribution < 1.29 is 14.3 Å². The smallest absolute Gasteiger partial charge is 0.227 e. The highest BCUT2D eigenvalue weighted by atomic mass is 16.5. The molecule has 0 saturated carbocycles. The van der Waals surface area contributed by atoms with Gasteiger partial charge in [0.1, 0.15) is 5.75 Å². The number of ether oxygens (including phenoxy) is 2. The second-order valence-electron chi connectivity index (χ2n) is 8.29. The van der Waals surface area contributed by atoms with Gasteiger partial charge in [-0.25, -0.2) is 0 Å². The minimum absolute atomic E-state index is 0.247. The number of hydrogen-bond acceptors (Lipinski definition) is 4. The van der Waals surface area contributed by atoms with E-state index in [0.717, 1.165) is 56.9 Å². The van der Waals surface area contributed by atoms with Crippen molar-refractivity contribution in [2.24, 2.45) is 0 Å². The van der Waals surface area contributed by atoms with Crippen LogP contribution in [0.15, 0.2) is 24.3 Å². The van der Waals surface area contributed by atoms with Crippen LogP contribution in [0.3, 0.4) is 0 Å². The van der Waals surface area contributed by atoms with Crippen LogP contribution in [0.2, 0.25) is 0 Å². The molecule has 2 fully saturated rings. The van der Waals surface area contributed by atoms with Gasteiger partial charge in [0, 0.05) is 25.8 Å². The number of carbonyl (C=O) groups excluding carboxylic acids is 1. The van der Waals surface area contributed by atoms with Crippen LogP contribution in [0.5, 0.6) is 5.75 Å². The van der Waals surface area contributed by atoms with Crippen LogP contribution in [0, 0.1) is 0 Å². The molecule has 29 heavy (non-hydrogen) atoms. The lowest BCUT2D eigenvalue weighted by atomic mass is 10.0. The molecule has 2 heterocycles. The highest BCUT2D eigenvalue weighted by Gasteiger charge is 2.25. The topological polar surface area (TPSA) is 42.0 Å². The summed E-state index contributed by atoms with van der Waals surface area (Å²) in [5, 5.41) is 0. The third kappa shape index (κ3) is 7.31. The van der Waals surface area contributed by atoms with E-state index < -0.39 is 0 Å². The van der Waals surface area contributed by atoms with Crippen molar-refractivity contribution >= 4 is 5.91 Å². The monoisotopic (exact) mass is 402 g/mol. The first-order valence-electron chi connectivity index (χ1n) is 11.6. The molecule has 1 amide bonds. The molecule has 0 atom stereocenters. The first-order valence-corrected chi connectivity index (χ1v) is 11.6. The zero-order chi connectivity index (χ0) is 20.3. The fourth-order valence-electron chi connectivity index (χ4n) is 4.48. The number of benzene rings is 1. The number of carbonyl (C=O) groups is 1. The Morgan fingerprint density at radius 2 is 1.79 bits per heavy atom. The molecule has 0 spiro atoms. The van der Waals surface area contributed by atoms with Crippen molar-refractivity contribution in [1.29, 1.82) is 0 Å². The Kier molecular flexibility index (Phi) is 9.29. The molecule has 0 unspecified atom stereocenters. The van der Waals surface area contributed by atoms with Crippen molar-refractivity contribution in [1.82, 2.24) is 9.80 Å². The number of nitrogens with zero attached hydrogens (tertiary/aromatic N) is 2. The van der Waals surface area contributed by atoms with E-state index in [4.69, 9.17) is 9.47 Å². The fraction of sp³-hybridized carbons (Fsp3) is 0.708. The van der Waals surface area contributed by atoms with Crippen molar-refractivity contribution in [2.75, 3.05) is 46.0 Å². The molecule has 2 aliphatic heterocycles. The summed E-state index contributed by atoms with van der Waals surface area (Å²) in [6.07, 6.45) is 8.81. The molecule has 5 heteroatoms. The van der Waals surface area contributed by atoms with Crippen molar-refractivity contribution in [3.63, 3.8) is 0 Å². The summed E-state index contributed by atoms with van der Waals surface area (Å²) in [5.74, 6) is 1.11. The summed E-state index contributed by atoms with van der Waals surface area (Å²) < 4.78 is 11.1. The molecular formula is C24H38N2O3. The van der Waals surface area contributed by atoms with Gasteiger partial charge in [0.05, 0.1) is 13.0 Å². The Morgan fingerprint density at radius 3 is 2.45 bits per heavy atom. The Morgan fingerprint density at radius 1 is 1.10 bits per heavy atom. The zero-order valence-electron chi connectivity index (χ0n) is 18.1. The minimum Gasteiger partial charge on any atom is -0.494 e. The first kappa shape index (κ1) is 22.1. The molecule has 0 N–H and O–H groups in total. The van der Waals surface area contributed by atoms with Gasteiger partial charge in [-0.15, -0.1) is 0 Å². The highest BCUT2D eigenvalue weighted by Crippen LogP contribution is 2.19. The zero-order valence-corrected chi connectivity index (χ0v) is 18.1. The molecule has 5 nitrogen and oxygen atoms in total. The molecular weight excluding hydrogens is 364 g/mol. The lowest BCUT2D eigenvalue weighted by Gasteiger charge is -2.35. The van der Waals surface area contributed by atoms with E-state index in [0.29, 0.717) is 19.1 Å². The van der Waals surface area contributed by atoms with Crippen molar-refractivity contribution in [3.8, 4) is 5.75 Å². The van der Waals surface area contributed by atoms with Crippen LogP contribution < -0.4 is 4.74 Å². The number of rotatable bonds is 9. The lowest BCUT2D eigenvalue weighted by molar-refractivity contribution is -0.134. The van der Waals surface area contributed by atoms with E-state index in [1.54, 1.807) is 0 Å². The lowest BCUT2D eigenvalue weighted by Crippen LogP contribution is -2.45. The van der Waals surface area contributed by atoms with Gasteiger partial charge in [-0.05, 0) is 76.4 Å². The van der Waals surface area contributed by atoms with Gasteiger partial charge in [0.15, 0.2) is 0 Å². The van der Waals surface area contributed by atoms with Gasteiger partial charge in [-0.2, -0.15) is 0 Å². The minimum atomic E-state index is 0.247. The Hall–Kier alpha value is -1.59. The Bertz CT molecular complexity index is 591. The predicted octanol–water partition coefficient (Wildman–Crippen LogP) is 3.90. The first-order chi connectivity index (χ1) is 14.3. The van der Waals surface area contributed by atoms with Gasteiger partial charge in [-0.3, -0.25) is 4.79 Å². The molecule has 3 rings (SSSR count). The van der Waals surface area contributed by atoms with Crippen LogP contribution in [0.4, 0.5) is 0 Å². The fourth-order valence-corrected chi connectivity index (χ4v) is 4.48. The van der Waals surface area contributed by atoms with E-state index in [1.807, 2.05) is 31.2 Å². The van der Waals surface area contributed by atoms with Crippen LogP contribution in [0.25, 0.3) is 0 Å². The quantitative estimate of drug-likeness (QED) is 0.628. The molecule has 2 aliphatic rings. The predicted molar refractivity (Wildman–Crippen MR) is 116 cm³/mol. The normalized spacial score (nSPS) is 18.9.